The van der Waals surface area contributed by atoms with Gasteiger partial charge in [0.2, 0.25) is 0 Å². The van der Waals surface area contributed by atoms with E-state index < -0.39 is 9.84 Å². The molecule has 9 rings (SSSR count). The molecule has 45 heavy (non-hydrogen) atoms. The van der Waals surface area contributed by atoms with Crippen LogP contribution in [0.4, 0.5) is 51.2 Å². The second-order valence-electron chi connectivity index (χ2n) is 11.7. The molecule has 6 nitrogen and oxygen atoms in total. The van der Waals surface area contributed by atoms with Crippen molar-refractivity contribution >= 4 is 61.0 Å². The standard InChI is InChI=1S/C38H27N3O3S/c1-45(43,44)26-21-22-34(42)33(23-26)41-31-19-9-17-29-36(31)38-35-27(39(29)24-11-4-2-5-12-24)15-8-16-28(35)40(25-13-6-3-7-14-25)30-18-10-20-32(41)37(30)38/h2-23,38,42H,1H3. The first-order valence-corrected chi connectivity index (χ1v) is 16.7. The summed E-state index contributed by atoms with van der Waals surface area (Å²) in [5.74, 6) is -0.0754. The summed E-state index contributed by atoms with van der Waals surface area (Å²) in [6.45, 7) is 0. The van der Waals surface area contributed by atoms with Crippen LogP contribution in [0.2, 0.25) is 0 Å². The molecule has 6 aromatic carbocycles. The number of rotatable bonds is 4. The van der Waals surface area contributed by atoms with Crippen LogP contribution in [0.25, 0.3) is 0 Å². The third-order valence-electron chi connectivity index (χ3n) is 9.14. The summed E-state index contributed by atoms with van der Waals surface area (Å²) >= 11 is 0. The van der Waals surface area contributed by atoms with Gasteiger partial charge in [0.15, 0.2) is 9.84 Å². The Morgan fingerprint density at radius 3 is 1.29 bits per heavy atom. The Morgan fingerprint density at radius 1 is 0.489 bits per heavy atom. The van der Waals surface area contributed by atoms with Crippen LogP contribution in [0, 0.1) is 0 Å². The van der Waals surface area contributed by atoms with Crippen molar-refractivity contribution in [2.45, 2.75) is 10.8 Å². The Labute approximate surface area is 261 Å². The third kappa shape index (κ3) is 3.58. The normalized spacial score (nSPS) is 14.4. The quantitative estimate of drug-likeness (QED) is 0.216. The number of nitrogens with zero attached hydrogens (tertiary/aromatic N) is 3. The van der Waals surface area contributed by atoms with Crippen LogP contribution in [-0.2, 0) is 9.84 Å². The van der Waals surface area contributed by atoms with Crippen LogP contribution in [0.15, 0.2) is 138 Å². The van der Waals surface area contributed by atoms with Crippen LogP contribution in [0.1, 0.15) is 22.6 Å². The van der Waals surface area contributed by atoms with Gasteiger partial charge in [-0.3, -0.25) is 0 Å². The van der Waals surface area contributed by atoms with E-state index in [0.717, 1.165) is 56.6 Å². The zero-order valence-corrected chi connectivity index (χ0v) is 25.1. The molecule has 7 heteroatoms. The molecule has 1 N–H and O–H groups in total. The summed E-state index contributed by atoms with van der Waals surface area (Å²) in [5.41, 5.74) is 12.1. The van der Waals surface area contributed by atoms with Gasteiger partial charge in [-0.15, -0.1) is 0 Å². The molecule has 0 aliphatic carbocycles. The maximum absolute atomic E-state index is 12.7. The number of sulfone groups is 1. The molecule has 0 bridgehead atoms. The minimum atomic E-state index is -3.53. The third-order valence-corrected chi connectivity index (χ3v) is 10.2. The number of anilines is 9. The van der Waals surface area contributed by atoms with E-state index in [1.807, 2.05) is 29.2 Å². The van der Waals surface area contributed by atoms with Gasteiger partial charge in [0, 0.05) is 40.2 Å². The molecule has 0 aromatic heterocycles. The highest BCUT2D eigenvalue weighted by Crippen LogP contribution is 2.67. The highest BCUT2D eigenvalue weighted by atomic mass is 32.2. The Balaban J connectivity index is 1.43. The van der Waals surface area contributed by atoms with Crippen molar-refractivity contribution in [3.8, 4) is 5.75 Å². The van der Waals surface area contributed by atoms with E-state index >= 15 is 0 Å². The predicted molar refractivity (Wildman–Crippen MR) is 180 cm³/mol. The van der Waals surface area contributed by atoms with E-state index in [9.17, 15) is 13.5 Å². The van der Waals surface area contributed by atoms with Crippen LogP contribution >= 0.6 is 0 Å². The van der Waals surface area contributed by atoms with Gasteiger partial charge in [0.25, 0.3) is 0 Å². The summed E-state index contributed by atoms with van der Waals surface area (Å²) in [6.07, 6.45) is 1.19. The Morgan fingerprint density at radius 2 is 0.889 bits per heavy atom. The molecule has 0 saturated carbocycles. The Bertz CT molecular complexity index is 2170. The van der Waals surface area contributed by atoms with Crippen molar-refractivity contribution in [1.82, 2.24) is 0 Å². The van der Waals surface area contributed by atoms with Crippen molar-refractivity contribution in [1.29, 1.82) is 0 Å². The first kappa shape index (κ1) is 25.9. The van der Waals surface area contributed by atoms with Gasteiger partial charge in [-0.25, -0.2) is 8.42 Å². The average Bonchev–Trinajstić information content (AvgIpc) is 3.06. The molecule has 0 amide bonds. The number of phenols is 1. The number of hydrogen-bond acceptors (Lipinski definition) is 6. The molecule has 0 spiro atoms. The summed E-state index contributed by atoms with van der Waals surface area (Å²) in [5, 5.41) is 11.4. The lowest BCUT2D eigenvalue weighted by atomic mass is 9.72. The summed E-state index contributed by atoms with van der Waals surface area (Å²) in [7, 11) is -3.53. The largest absolute Gasteiger partial charge is 0.506 e. The molecule has 3 aliphatic rings. The van der Waals surface area contributed by atoms with Crippen molar-refractivity contribution in [3.63, 3.8) is 0 Å². The van der Waals surface area contributed by atoms with Crippen LogP contribution in [0.5, 0.6) is 5.75 Å². The topological polar surface area (TPSA) is 64.1 Å². The fourth-order valence-corrected chi connectivity index (χ4v) is 8.03. The Kier molecular flexibility index (Phi) is 5.32. The zero-order chi connectivity index (χ0) is 30.4. The van der Waals surface area contributed by atoms with Crippen molar-refractivity contribution in [2.75, 3.05) is 21.0 Å². The van der Waals surface area contributed by atoms with Gasteiger partial charge in [-0.1, -0.05) is 54.6 Å². The van der Waals surface area contributed by atoms with E-state index in [1.54, 1.807) is 6.07 Å². The molecular formula is C38H27N3O3S. The molecule has 218 valence electrons. The molecule has 3 aliphatic heterocycles. The van der Waals surface area contributed by atoms with Crippen molar-refractivity contribution in [2.24, 2.45) is 0 Å². The highest BCUT2D eigenvalue weighted by Gasteiger charge is 2.47. The fourth-order valence-electron chi connectivity index (χ4n) is 7.39. The average molecular weight is 606 g/mol. The first-order valence-electron chi connectivity index (χ1n) is 14.8. The molecule has 0 radical (unpaired) electrons. The second kappa shape index (κ2) is 9.24. The van der Waals surface area contributed by atoms with Gasteiger partial charge >= 0.3 is 0 Å². The van der Waals surface area contributed by atoms with Gasteiger partial charge in [0.1, 0.15) is 5.75 Å². The highest BCUT2D eigenvalue weighted by molar-refractivity contribution is 7.90. The van der Waals surface area contributed by atoms with Gasteiger partial charge in [-0.05, 0) is 78.9 Å². The van der Waals surface area contributed by atoms with E-state index in [4.69, 9.17) is 0 Å². The number of phenolic OH excluding ortho intramolecular Hbond substituents is 1. The summed E-state index contributed by atoms with van der Waals surface area (Å²) in [4.78, 5) is 6.82. The smallest absolute Gasteiger partial charge is 0.175 e. The maximum Gasteiger partial charge on any atom is 0.175 e. The minimum Gasteiger partial charge on any atom is -0.506 e. The number of aromatic hydroxyl groups is 1. The van der Waals surface area contributed by atoms with E-state index in [2.05, 4.69) is 101 Å². The number of hydrogen-bond donors (Lipinski definition) is 1. The molecule has 0 atom stereocenters. The fraction of sp³-hybridized carbons (Fsp3) is 0.0526. The van der Waals surface area contributed by atoms with E-state index in [-0.39, 0.29) is 16.6 Å². The molecule has 6 aromatic rings. The summed E-state index contributed by atoms with van der Waals surface area (Å²) < 4.78 is 25.4. The van der Waals surface area contributed by atoms with Crippen LogP contribution < -0.4 is 14.7 Å². The van der Waals surface area contributed by atoms with E-state index in [0.29, 0.717) is 5.69 Å². The lowest BCUT2D eigenvalue weighted by molar-refractivity contribution is 0.476. The predicted octanol–water partition coefficient (Wildman–Crippen LogP) is 9.33. The lowest BCUT2D eigenvalue weighted by Gasteiger charge is -2.50. The monoisotopic (exact) mass is 605 g/mol. The number of para-hydroxylation sites is 2. The number of benzene rings is 6. The minimum absolute atomic E-state index is 0.00333. The van der Waals surface area contributed by atoms with Crippen molar-refractivity contribution in [3.05, 3.63) is 150 Å². The molecular weight excluding hydrogens is 579 g/mol. The van der Waals surface area contributed by atoms with Crippen LogP contribution in [0.3, 0.4) is 0 Å². The van der Waals surface area contributed by atoms with Gasteiger partial charge < -0.3 is 19.8 Å². The second-order valence-corrected chi connectivity index (χ2v) is 13.7. The molecule has 0 saturated heterocycles. The SMILES string of the molecule is CS(=O)(=O)c1ccc(O)c(N2c3cccc4c3C3c5c(cccc5N(c5ccccc5)c5cccc2c53)N4c2ccccc2)c1. The Hall–Kier alpha value is -5.53. The molecule has 0 unspecified atom stereocenters. The van der Waals surface area contributed by atoms with Crippen LogP contribution in [-0.4, -0.2) is 19.8 Å². The lowest BCUT2D eigenvalue weighted by Crippen LogP contribution is -2.34. The zero-order valence-electron chi connectivity index (χ0n) is 24.3. The molecule has 3 heterocycles. The van der Waals surface area contributed by atoms with Crippen molar-refractivity contribution < 1.29 is 13.5 Å². The van der Waals surface area contributed by atoms with Gasteiger partial charge in [0.05, 0.1) is 44.7 Å². The van der Waals surface area contributed by atoms with E-state index in [1.165, 1.54) is 24.0 Å². The first-order chi connectivity index (χ1) is 21.9. The summed E-state index contributed by atoms with van der Waals surface area (Å²) in [6, 6.07) is 44.3. The maximum atomic E-state index is 12.7. The van der Waals surface area contributed by atoms with Gasteiger partial charge in [-0.2, -0.15) is 0 Å². The molecule has 0 fully saturated rings.